The molecule has 5 aromatic rings. The number of para-hydroxylation sites is 1. The third-order valence-electron chi connectivity index (χ3n) is 7.18. The fourth-order valence-electron chi connectivity index (χ4n) is 5.35. The Balaban J connectivity index is 1.72. The average molecular weight is 477 g/mol. The summed E-state index contributed by atoms with van der Waals surface area (Å²) in [5.74, 6) is 0.811. The van der Waals surface area contributed by atoms with Gasteiger partial charge in [-0.15, -0.1) is 0 Å². The summed E-state index contributed by atoms with van der Waals surface area (Å²) in [7, 11) is 0. The highest BCUT2D eigenvalue weighted by Gasteiger charge is 2.21. The number of rotatable bonds is 4. The lowest BCUT2D eigenvalue weighted by Crippen LogP contribution is -2.13. The maximum absolute atomic E-state index is 6.51. The van der Waals surface area contributed by atoms with Crippen LogP contribution in [-0.2, 0) is 5.41 Å². The van der Waals surface area contributed by atoms with Crippen molar-refractivity contribution in [1.29, 1.82) is 0 Å². The molecule has 0 saturated heterocycles. The lowest BCUT2D eigenvalue weighted by atomic mass is 9.84. The van der Waals surface area contributed by atoms with Crippen LogP contribution in [0.15, 0.2) is 65.2 Å². The van der Waals surface area contributed by atoms with Crippen LogP contribution < -0.4 is 0 Å². The number of nitrogens with zero attached hydrogens (tertiary/aromatic N) is 2. The molecular weight excluding hydrogens is 440 g/mol. The summed E-state index contributed by atoms with van der Waals surface area (Å²) in [5, 5.41) is 2.11. The quantitative estimate of drug-likeness (QED) is 0.259. The van der Waals surface area contributed by atoms with Crippen molar-refractivity contribution in [2.24, 2.45) is 0 Å². The van der Waals surface area contributed by atoms with E-state index in [1.54, 1.807) is 0 Å². The van der Waals surface area contributed by atoms with E-state index in [0.717, 1.165) is 33.3 Å². The van der Waals surface area contributed by atoms with Gasteiger partial charge in [-0.2, -0.15) is 0 Å². The number of aryl methyl sites for hydroxylation is 1. The standard InChI is InChI=1S/C33H36N2O/c1-19(2)22-11-9-12-23(20(3)4)30(22)28-16-15-25-24-13-10-14-26(31(24)36-32(25)35-28)29-17-27(33(6,7)8)21(5)18-34-29/h9-20H,1-8H3. The minimum absolute atomic E-state index is 0.0396. The first-order chi connectivity index (χ1) is 17.1. The van der Waals surface area contributed by atoms with Crippen molar-refractivity contribution < 1.29 is 4.42 Å². The van der Waals surface area contributed by atoms with Crippen LogP contribution in [0.3, 0.4) is 0 Å². The third-order valence-corrected chi connectivity index (χ3v) is 7.18. The number of furan rings is 1. The molecule has 0 bridgehead atoms. The molecule has 3 nitrogen and oxygen atoms in total. The van der Waals surface area contributed by atoms with Crippen LogP contribution in [-0.4, -0.2) is 9.97 Å². The van der Waals surface area contributed by atoms with Crippen molar-refractivity contribution in [3.63, 3.8) is 0 Å². The average Bonchev–Trinajstić information content (AvgIpc) is 3.21. The first-order valence-corrected chi connectivity index (χ1v) is 13.0. The third kappa shape index (κ3) is 4.11. The molecule has 3 heterocycles. The van der Waals surface area contributed by atoms with Crippen molar-refractivity contribution >= 4 is 22.1 Å². The molecule has 0 amide bonds. The molecule has 2 aromatic carbocycles. The van der Waals surface area contributed by atoms with E-state index < -0.39 is 0 Å². The molecule has 184 valence electrons. The zero-order valence-corrected chi connectivity index (χ0v) is 22.7. The molecule has 0 aliphatic carbocycles. The molecular formula is C33H36N2O. The summed E-state index contributed by atoms with van der Waals surface area (Å²) in [6, 6.07) is 19.5. The van der Waals surface area contributed by atoms with Crippen LogP contribution in [0.4, 0.5) is 0 Å². The predicted molar refractivity (Wildman–Crippen MR) is 152 cm³/mol. The Morgan fingerprint density at radius 1 is 0.778 bits per heavy atom. The van der Waals surface area contributed by atoms with Gasteiger partial charge in [0.05, 0.1) is 11.4 Å². The second-order valence-corrected chi connectivity index (χ2v) is 11.6. The summed E-state index contributed by atoms with van der Waals surface area (Å²) in [5.41, 5.74) is 10.8. The monoisotopic (exact) mass is 476 g/mol. The van der Waals surface area contributed by atoms with Crippen LogP contribution in [0.5, 0.6) is 0 Å². The fraction of sp³-hybridized carbons (Fsp3) is 0.333. The van der Waals surface area contributed by atoms with Crippen LogP contribution in [0.1, 0.15) is 82.6 Å². The lowest BCUT2D eigenvalue weighted by molar-refractivity contribution is 0.585. The molecule has 3 heteroatoms. The zero-order chi connectivity index (χ0) is 25.8. The van der Waals surface area contributed by atoms with E-state index in [9.17, 15) is 0 Å². The number of hydrogen-bond donors (Lipinski definition) is 0. The van der Waals surface area contributed by atoms with Crippen LogP contribution in [0.25, 0.3) is 44.6 Å². The topological polar surface area (TPSA) is 38.9 Å². The first kappa shape index (κ1) is 24.2. The SMILES string of the molecule is Cc1cnc(-c2cccc3c2oc2nc(-c4c(C(C)C)cccc4C(C)C)ccc23)cc1C(C)(C)C. The lowest BCUT2D eigenvalue weighted by Gasteiger charge is -2.22. The molecule has 0 aliphatic heterocycles. The largest absolute Gasteiger partial charge is 0.437 e. The summed E-state index contributed by atoms with van der Waals surface area (Å²) in [6.07, 6.45) is 1.98. The number of aromatic nitrogens is 2. The Labute approximate surface area is 214 Å². The Morgan fingerprint density at radius 3 is 2.08 bits per heavy atom. The van der Waals surface area contributed by atoms with Gasteiger partial charge in [-0.3, -0.25) is 4.98 Å². The minimum Gasteiger partial charge on any atom is -0.437 e. The van der Waals surface area contributed by atoms with Crippen molar-refractivity contribution in [2.45, 2.75) is 72.6 Å². The normalized spacial score (nSPS) is 12.4. The summed E-state index contributed by atoms with van der Waals surface area (Å²) in [4.78, 5) is 9.88. The molecule has 36 heavy (non-hydrogen) atoms. The van der Waals surface area contributed by atoms with Gasteiger partial charge in [-0.25, -0.2) is 4.98 Å². The van der Waals surface area contributed by atoms with E-state index in [1.807, 2.05) is 6.20 Å². The molecule has 0 N–H and O–H groups in total. The highest BCUT2D eigenvalue weighted by molar-refractivity contribution is 6.08. The number of hydrogen-bond acceptors (Lipinski definition) is 3. The van der Waals surface area contributed by atoms with E-state index >= 15 is 0 Å². The molecule has 0 aliphatic rings. The summed E-state index contributed by atoms with van der Waals surface area (Å²) >= 11 is 0. The van der Waals surface area contributed by atoms with E-state index in [2.05, 4.69) is 110 Å². The van der Waals surface area contributed by atoms with E-state index in [0.29, 0.717) is 17.5 Å². The van der Waals surface area contributed by atoms with Gasteiger partial charge in [-0.1, -0.05) is 78.8 Å². The van der Waals surface area contributed by atoms with Gasteiger partial charge in [0.25, 0.3) is 0 Å². The van der Waals surface area contributed by atoms with Gasteiger partial charge in [-0.05, 0) is 70.7 Å². The molecule has 0 unspecified atom stereocenters. The van der Waals surface area contributed by atoms with Gasteiger partial charge >= 0.3 is 0 Å². The maximum atomic E-state index is 6.51. The van der Waals surface area contributed by atoms with E-state index in [1.165, 1.54) is 27.8 Å². The number of benzene rings is 2. The van der Waals surface area contributed by atoms with Gasteiger partial charge in [0, 0.05) is 28.1 Å². The molecule has 0 spiro atoms. The molecule has 0 radical (unpaired) electrons. The molecule has 0 fully saturated rings. The number of pyridine rings is 2. The Hall–Kier alpha value is -3.46. The van der Waals surface area contributed by atoms with Gasteiger partial charge in [0.2, 0.25) is 5.71 Å². The van der Waals surface area contributed by atoms with Gasteiger partial charge in [0.1, 0.15) is 5.58 Å². The predicted octanol–water partition coefficient (Wildman–Crippen LogP) is 9.56. The van der Waals surface area contributed by atoms with E-state index in [4.69, 9.17) is 14.4 Å². The van der Waals surface area contributed by atoms with Crippen molar-refractivity contribution in [3.05, 3.63) is 83.0 Å². The van der Waals surface area contributed by atoms with Crippen LogP contribution >= 0.6 is 0 Å². The summed E-state index contributed by atoms with van der Waals surface area (Å²) < 4.78 is 6.51. The van der Waals surface area contributed by atoms with Gasteiger partial charge < -0.3 is 4.42 Å². The Bertz CT molecular complexity index is 1560. The number of fused-ring (bicyclic) bond motifs is 3. The van der Waals surface area contributed by atoms with Crippen LogP contribution in [0.2, 0.25) is 0 Å². The van der Waals surface area contributed by atoms with Crippen molar-refractivity contribution in [3.8, 4) is 22.5 Å². The second-order valence-electron chi connectivity index (χ2n) is 11.6. The highest BCUT2D eigenvalue weighted by atomic mass is 16.3. The molecule has 0 saturated carbocycles. The van der Waals surface area contributed by atoms with Crippen molar-refractivity contribution in [2.75, 3.05) is 0 Å². The van der Waals surface area contributed by atoms with Crippen LogP contribution in [0, 0.1) is 6.92 Å². The van der Waals surface area contributed by atoms with Gasteiger partial charge in [0.15, 0.2) is 0 Å². The first-order valence-electron chi connectivity index (χ1n) is 13.0. The minimum atomic E-state index is 0.0396. The molecule has 5 rings (SSSR count). The second kappa shape index (κ2) is 8.89. The Kier molecular flexibility index (Phi) is 5.98. The smallest absolute Gasteiger partial charge is 0.227 e. The highest BCUT2D eigenvalue weighted by Crippen LogP contribution is 2.39. The maximum Gasteiger partial charge on any atom is 0.227 e. The van der Waals surface area contributed by atoms with Crippen molar-refractivity contribution in [1.82, 2.24) is 9.97 Å². The Morgan fingerprint density at radius 2 is 1.44 bits per heavy atom. The summed E-state index contributed by atoms with van der Waals surface area (Å²) in [6.45, 7) is 17.8. The molecule has 0 atom stereocenters. The molecule has 3 aromatic heterocycles. The fourth-order valence-corrected chi connectivity index (χ4v) is 5.35. The zero-order valence-electron chi connectivity index (χ0n) is 22.7. The van der Waals surface area contributed by atoms with E-state index in [-0.39, 0.29) is 5.41 Å².